The van der Waals surface area contributed by atoms with Crippen LogP contribution in [0.5, 0.6) is 5.75 Å². The Morgan fingerprint density at radius 2 is 1.55 bits per heavy atom. The molecule has 0 fully saturated rings. The van der Waals surface area contributed by atoms with Gasteiger partial charge in [-0.3, -0.25) is 0 Å². The highest BCUT2D eigenvalue weighted by Gasteiger charge is 2.26. The summed E-state index contributed by atoms with van der Waals surface area (Å²) in [6.45, 7) is 14.6. The summed E-state index contributed by atoms with van der Waals surface area (Å²) >= 11 is 0. The van der Waals surface area contributed by atoms with Crippen molar-refractivity contribution in [2.24, 2.45) is 0 Å². The van der Waals surface area contributed by atoms with E-state index in [9.17, 15) is 14.7 Å². The Morgan fingerprint density at radius 1 is 1.03 bits per heavy atom. The Kier molecular flexibility index (Phi) is 8.45. The number of aromatic hydroxyl groups is 1. The summed E-state index contributed by atoms with van der Waals surface area (Å²) in [4.78, 5) is 22.0. The van der Waals surface area contributed by atoms with Gasteiger partial charge in [0.15, 0.2) is 0 Å². The van der Waals surface area contributed by atoms with Gasteiger partial charge in [0.25, 0.3) is 0 Å². The summed E-state index contributed by atoms with van der Waals surface area (Å²) in [5.74, 6) is -1.61. The van der Waals surface area contributed by atoms with Crippen molar-refractivity contribution in [3.05, 3.63) is 41.0 Å². The molecule has 0 bridgehead atoms. The van der Waals surface area contributed by atoms with Crippen LogP contribution in [0.4, 0.5) is 0 Å². The molecule has 2 N–H and O–H groups in total. The zero-order valence-corrected chi connectivity index (χ0v) is 18.5. The number of hydrogen-bond donors (Lipinski definition) is 2. The standard InChI is InChI=1S/C23H34O6/c1-8-16(14-29-20(26)10-9-19(24)25)28-13-15-11-17(22(2,3)4)21(27)18(12-15)23(5,6)7/h9-12,16,27H,8,13-14H2,1-7H3,(H,24,25). The van der Waals surface area contributed by atoms with Gasteiger partial charge in [-0.15, -0.1) is 0 Å². The average molecular weight is 407 g/mol. The van der Waals surface area contributed by atoms with Crippen molar-refractivity contribution < 1.29 is 29.3 Å². The first-order valence-electron chi connectivity index (χ1n) is 9.82. The molecular formula is C23H34O6. The molecular weight excluding hydrogens is 372 g/mol. The van der Waals surface area contributed by atoms with Gasteiger partial charge in [-0.2, -0.15) is 0 Å². The van der Waals surface area contributed by atoms with Gasteiger partial charge in [0.1, 0.15) is 12.4 Å². The first kappa shape index (κ1) is 24.7. The van der Waals surface area contributed by atoms with Crippen LogP contribution in [-0.2, 0) is 36.5 Å². The minimum Gasteiger partial charge on any atom is -0.507 e. The van der Waals surface area contributed by atoms with Crippen LogP contribution in [0.15, 0.2) is 24.3 Å². The average Bonchev–Trinajstić information content (AvgIpc) is 2.58. The SMILES string of the molecule is CCC(COC(=O)C=CC(=O)O)OCc1cc(C(C)(C)C)c(O)c(C(C)(C)C)c1. The van der Waals surface area contributed by atoms with Gasteiger partial charge in [-0.1, -0.05) is 48.5 Å². The molecule has 0 aliphatic heterocycles. The zero-order chi connectivity index (χ0) is 22.4. The van der Waals surface area contributed by atoms with Crippen LogP contribution in [0, 0.1) is 0 Å². The van der Waals surface area contributed by atoms with E-state index in [1.807, 2.05) is 19.1 Å². The minimum atomic E-state index is -1.21. The summed E-state index contributed by atoms with van der Waals surface area (Å²) in [5, 5.41) is 19.3. The van der Waals surface area contributed by atoms with Crippen molar-refractivity contribution in [2.75, 3.05) is 6.61 Å². The van der Waals surface area contributed by atoms with Crippen molar-refractivity contribution >= 4 is 11.9 Å². The number of carboxylic acids is 1. The van der Waals surface area contributed by atoms with E-state index in [4.69, 9.17) is 14.6 Å². The third-order valence-corrected chi connectivity index (χ3v) is 4.50. The highest BCUT2D eigenvalue weighted by molar-refractivity contribution is 5.90. The summed E-state index contributed by atoms with van der Waals surface area (Å²) in [5.41, 5.74) is 2.21. The predicted molar refractivity (Wildman–Crippen MR) is 112 cm³/mol. The lowest BCUT2D eigenvalue weighted by Crippen LogP contribution is -2.22. The maximum atomic E-state index is 11.5. The molecule has 1 rings (SSSR count). The number of phenols is 1. The van der Waals surface area contributed by atoms with Gasteiger partial charge in [0.2, 0.25) is 0 Å². The van der Waals surface area contributed by atoms with Crippen LogP contribution < -0.4 is 0 Å². The van der Waals surface area contributed by atoms with E-state index in [1.54, 1.807) is 0 Å². The van der Waals surface area contributed by atoms with E-state index in [1.165, 1.54) is 0 Å². The second-order valence-electron chi connectivity index (χ2n) is 9.18. The number of phenolic OH excluding ortho intramolecular Hbond substituents is 1. The summed E-state index contributed by atoms with van der Waals surface area (Å²) in [7, 11) is 0. The smallest absolute Gasteiger partial charge is 0.331 e. The number of carbonyl (C=O) groups excluding carboxylic acids is 1. The predicted octanol–water partition coefficient (Wildman–Crippen LogP) is 4.47. The summed E-state index contributed by atoms with van der Waals surface area (Å²) < 4.78 is 11.0. The number of rotatable bonds is 8. The second-order valence-corrected chi connectivity index (χ2v) is 9.18. The molecule has 6 nitrogen and oxygen atoms in total. The van der Waals surface area contributed by atoms with E-state index >= 15 is 0 Å². The van der Waals surface area contributed by atoms with Crippen molar-refractivity contribution in [1.29, 1.82) is 0 Å². The van der Waals surface area contributed by atoms with Crippen molar-refractivity contribution in [3.8, 4) is 5.75 Å². The Balaban J connectivity index is 2.93. The van der Waals surface area contributed by atoms with E-state index < -0.39 is 11.9 Å². The Labute approximate surface area is 173 Å². The van der Waals surface area contributed by atoms with Crippen molar-refractivity contribution in [3.63, 3.8) is 0 Å². The molecule has 1 aromatic carbocycles. The molecule has 0 heterocycles. The van der Waals surface area contributed by atoms with E-state index in [0.717, 1.165) is 28.8 Å². The molecule has 29 heavy (non-hydrogen) atoms. The number of ether oxygens (including phenoxy) is 2. The summed E-state index contributed by atoms with van der Waals surface area (Å²) in [6.07, 6.45) is 1.93. The number of hydrogen-bond acceptors (Lipinski definition) is 5. The maximum absolute atomic E-state index is 11.5. The molecule has 0 radical (unpaired) electrons. The molecule has 6 heteroatoms. The molecule has 0 saturated carbocycles. The molecule has 0 aliphatic carbocycles. The van der Waals surface area contributed by atoms with Crippen LogP contribution in [0.3, 0.4) is 0 Å². The minimum absolute atomic E-state index is 0.0373. The Hall–Kier alpha value is -2.34. The van der Waals surface area contributed by atoms with Gasteiger partial charge in [0, 0.05) is 12.2 Å². The lowest BCUT2D eigenvalue weighted by Gasteiger charge is -2.28. The van der Waals surface area contributed by atoms with Crippen LogP contribution in [0.1, 0.15) is 71.6 Å². The maximum Gasteiger partial charge on any atom is 0.331 e. The topological polar surface area (TPSA) is 93.1 Å². The third kappa shape index (κ3) is 7.89. The molecule has 0 saturated heterocycles. The molecule has 1 atom stereocenters. The third-order valence-electron chi connectivity index (χ3n) is 4.50. The quantitative estimate of drug-likeness (QED) is 0.489. The molecule has 0 aliphatic rings. The monoisotopic (exact) mass is 406 g/mol. The highest BCUT2D eigenvalue weighted by Crippen LogP contribution is 2.39. The number of carboxylic acid groups (broad SMARTS) is 1. The van der Waals surface area contributed by atoms with Crippen LogP contribution in [0.25, 0.3) is 0 Å². The van der Waals surface area contributed by atoms with Crippen molar-refractivity contribution in [1.82, 2.24) is 0 Å². The first-order valence-corrected chi connectivity index (χ1v) is 9.82. The fourth-order valence-corrected chi connectivity index (χ4v) is 2.78. The van der Waals surface area contributed by atoms with Crippen LogP contribution >= 0.6 is 0 Å². The van der Waals surface area contributed by atoms with E-state index in [-0.39, 0.29) is 23.5 Å². The first-order chi connectivity index (χ1) is 13.3. The van der Waals surface area contributed by atoms with E-state index in [2.05, 4.69) is 41.5 Å². The molecule has 1 aromatic rings. The lowest BCUT2D eigenvalue weighted by atomic mass is 9.78. The number of esters is 1. The van der Waals surface area contributed by atoms with Gasteiger partial charge >= 0.3 is 11.9 Å². The molecule has 0 amide bonds. The molecule has 0 spiro atoms. The number of aliphatic carboxylic acids is 1. The molecule has 1 unspecified atom stereocenters. The summed E-state index contributed by atoms with van der Waals surface area (Å²) in [6, 6.07) is 3.91. The lowest BCUT2D eigenvalue weighted by molar-refractivity contribution is -0.143. The zero-order valence-electron chi connectivity index (χ0n) is 18.5. The van der Waals surface area contributed by atoms with Gasteiger partial charge in [0.05, 0.1) is 12.7 Å². The fraction of sp³-hybridized carbons (Fsp3) is 0.565. The number of benzene rings is 1. The van der Waals surface area contributed by atoms with E-state index in [0.29, 0.717) is 18.8 Å². The molecule has 0 aromatic heterocycles. The van der Waals surface area contributed by atoms with Crippen molar-refractivity contribution in [2.45, 2.75) is 78.4 Å². The highest BCUT2D eigenvalue weighted by atomic mass is 16.6. The Morgan fingerprint density at radius 3 is 1.97 bits per heavy atom. The van der Waals surface area contributed by atoms with Gasteiger partial charge < -0.3 is 19.7 Å². The normalized spacial score (nSPS) is 13.5. The Bertz CT molecular complexity index is 715. The largest absolute Gasteiger partial charge is 0.507 e. The fourth-order valence-electron chi connectivity index (χ4n) is 2.78. The van der Waals surface area contributed by atoms with Crippen LogP contribution in [0.2, 0.25) is 0 Å². The second kappa shape index (κ2) is 9.92. The van der Waals surface area contributed by atoms with Gasteiger partial charge in [-0.25, -0.2) is 9.59 Å². The van der Waals surface area contributed by atoms with Gasteiger partial charge in [-0.05, 0) is 46.1 Å². The number of carbonyl (C=O) groups is 2. The molecule has 162 valence electrons. The van der Waals surface area contributed by atoms with Crippen LogP contribution in [-0.4, -0.2) is 34.9 Å².